The fraction of sp³-hybridized carbons (Fsp3) is 0.273. The van der Waals surface area contributed by atoms with Crippen LogP contribution >= 0.6 is 11.6 Å². The normalized spacial score (nSPS) is 10.6. The Morgan fingerprint density at radius 3 is 2.94 bits per heavy atom. The first-order chi connectivity index (χ1) is 8.54. The van der Waals surface area contributed by atoms with Gasteiger partial charge in [0.15, 0.2) is 0 Å². The van der Waals surface area contributed by atoms with Gasteiger partial charge in [0.2, 0.25) is 5.91 Å². The molecule has 1 rings (SSSR count). The van der Waals surface area contributed by atoms with Gasteiger partial charge in [0.25, 0.3) is 5.69 Å². The second-order valence-electron chi connectivity index (χ2n) is 3.51. The van der Waals surface area contributed by atoms with Crippen LogP contribution in [0.15, 0.2) is 23.3 Å². The molecule has 0 aromatic heterocycles. The molecule has 0 fully saturated rings. The van der Waals surface area contributed by atoms with Crippen LogP contribution in [0.3, 0.4) is 0 Å². The van der Waals surface area contributed by atoms with E-state index in [0.717, 1.165) is 6.42 Å². The molecule has 18 heavy (non-hydrogen) atoms. The van der Waals surface area contributed by atoms with Crippen LogP contribution in [0.2, 0.25) is 5.02 Å². The molecule has 1 aromatic rings. The summed E-state index contributed by atoms with van der Waals surface area (Å²) in [5.41, 5.74) is 2.62. The summed E-state index contributed by atoms with van der Waals surface area (Å²) in [4.78, 5) is 21.2. The Morgan fingerprint density at radius 2 is 2.33 bits per heavy atom. The largest absolute Gasteiger partial charge is 0.288 e. The van der Waals surface area contributed by atoms with Crippen molar-refractivity contribution >= 4 is 29.4 Å². The molecule has 0 atom stereocenters. The summed E-state index contributed by atoms with van der Waals surface area (Å²) in [6, 6.07) is 4.28. The Kier molecular flexibility index (Phi) is 5.26. The number of nitrogens with zero attached hydrogens (tertiary/aromatic N) is 2. The maximum absolute atomic E-state index is 11.1. The second kappa shape index (κ2) is 6.70. The van der Waals surface area contributed by atoms with E-state index in [-0.39, 0.29) is 16.6 Å². The average molecular weight is 270 g/mol. The molecule has 7 heteroatoms. The smallest absolute Gasteiger partial charge is 0.273 e. The third kappa shape index (κ3) is 4.14. The number of hydrazone groups is 1. The van der Waals surface area contributed by atoms with E-state index in [1.807, 2.05) is 6.92 Å². The first-order valence-corrected chi connectivity index (χ1v) is 5.68. The molecule has 1 N–H and O–H groups in total. The van der Waals surface area contributed by atoms with Gasteiger partial charge in [-0.1, -0.05) is 24.6 Å². The van der Waals surface area contributed by atoms with Crippen LogP contribution in [0, 0.1) is 10.1 Å². The molecule has 0 radical (unpaired) electrons. The Morgan fingerprint density at radius 1 is 1.61 bits per heavy atom. The van der Waals surface area contributed by atoms with E-state index in [1.165, 1.54) is 18.3 Å². The number of nitro groups is 1. The lowest BCUT2D eigenvalue weighted by atomic mass is 10.2. The van der Waals surface area contributed by atoms with E-state index >= 15 is 0 Å². The van der Waals surface area contributed by atoms with Crippen molar-refractivity contribution in [2.75, 3.05) is 0 Å². The lowest BCUT2D eigenvalue weighted by molar-refractivity contribution is -0.384. The summed E-state index contributed by atoms with van der Waals surface area (Å²) in [5, 5.41) is 14.4. The molecule has 0 heterocycles. The molecule has 6 nitrogen and oxygen atoms in total. The molecular formula is C11H12ClN3O3. The number of hydrogen-bond donors (Lipinski definition) is 1. The van der Waals surface area contributed by atoms with Crippen LogP contribution in [-0.4, -0.2) is 17.0 Å². The maximum atomic E-state index is 11.1. The number of nitrogens with one attached hydrogen (secondary N) is 1. The van der Waals surface area contributed by atoms with Crippen molar-refractivity contribution in [3.05, 3.63) is 38.9 Å². The van der Waals surface area contributed by atoms with E-state index in [1.54, 1.807) is 6.07 Å². The highest BCUT2D eigenvalue weighted by Crippen LogP contribution is 2.24. The van der Waals surface area contributed by atoms with Crippen LogP contribution in [-0.2, 0) is 4.79 Å². The fourth-order valence-electron chi connectivity index (χ4n) is 1.21. The predicted molar refractivity (Wildman–Crippen MR) is 68.8 cm³/mol. The maximum Gasteiger partial charge on any atom is 0.288 e. The van der Waals surface area contributed by atoms with Crippen molar-refractivity contribution in [3.8, 4) is 0 Å². The molecule has 0 spiro atoms. The van der Waals surface area contributed by atoms with E-state index in [4.69, 9.17) is 11.6 Å². The Labute approximate surface area is 109 Å². The highest BCUT2D eigenvalue weighted by molar-refractivity contribution is 6.32. The quantitative estimate of drug-likeness (QED) is 0.506. The molecule has 0 aliphatic rings. The number of carbonyl (C=O) groups excluding carboxylic acids is 1. The molecule has 96 valence electrons. The van der Waals surface area contributed by atoms with Crippen molar-refractivity contribution in [3.63, 3.8) is 0 Å². The lowest BCUT2D eigenvalue weighted by Crippen LogP contribution is -2.16. The highest BCUT2D eigenvalue weighted by Gasteiger charge is 2.11. The van der Waals surface area contributed by atoms with Crippen molar-refractivity contribution in [2.45, 2.75) is 19.8 Å². The predicted octanol–water partition coefficient (Wildman–Crippen LogP) is 2.50. The number of hydrogen-bond acceptors (Lipinski definition) is 4. The van der Waals surface area contributed by atoms with Crippen molar-refractivity contribution in [1.82, 2.24) is 5.43 Å². The average Bonchev–Trinajstić information content (AvgIpc) is 2.31. The summed E-state index contributed by atoms with van der Waals surface area (Å²) >= 11 is 5.66. The molecule has 0 saturated carbocycles. The minimum atomic E-state index is -0.574. The van der Waals surface area contributed by atoms with E-state index in [0.29, 0.717) is 12.0 Å². The van der Waals surface area contributed by atoms with Gasteiger partial charge in [-0.2, -0.15) is 5.10 Å². The molecule has 0 bridgehead atoms. The first-order valence-electron chi connectivity index (χ1n) is 5.30. The second-order valence-corrected chi connectivity index (χ2v) is 3.92. The number of halogens is 1. The third-order valence-electron chi connectivity index (χ3n) is 2.05. The summed E-state index contributed by atoms with van der Waals surface area (Å²) in [6.45, 7) is 1.88. The summed E-state index contributed by atoms with van der Waals surface area (Å²) < 4.78 is 0. The highest BCUT2D eigenvalue weighted by atomic mass is 35.5. The molecular weight excluding hydrogens is 258 g/mol. The van der Waals surface area contributed by atoms with Crippen molar-refractivity contribution in [2.24, 2.45) is 5.10 Å². The Hall–Kier alpha value is -1.95. The van der Waals surface area contributed by atoms with E-state index < -0.39 is 4.92 Å². The van der Waals surface area contributed by atoms with E-state index in [9.17, 15) is 14.9 Å². The van der Waals surface area contributed by atoms with Gasteiger partial charge in [-0.05, 0) is 12.5 Å². The lowest BCUT2D eigenvalue weighted by Gasteiger charge is -1.98. The number of benzene rings is 1. The van der Waals surface area contributed by atoms with Crippen LogP contribution in [0.1, 0.15) is 25.3 Å². The van der Waals surface area contributed by atoms with Gasteiger partial charge >= 0.3 is 0 Å². The minimum absolute atomic E-state index is 0.0622. The molecule has 0 unspecified atom stereocenters. The zero-order valence-corrected chi connectivity index (χ0v) is 10.5. The monoisotopic (exact) mass is 269 g/mol. The summed E-state index contributed by atoms with van der Waals surface area (Å²) in [7, 11) is 0. The first kappa shape index (κ1) is 14.1. The Bertz CT molecular complexity index is 488. The summed E-state index contributed by atoms with van der Waals surface area (Å²) in [6.07, 6.45) is 2.45. The Balaban J connectivity index is 2.73. The van der Waals surface area contributed by atoms with Crippen LogP contribution < -0.4 is 5.43 Å². The number of amides is 1. The van der Waals surface area contributed by atoms with Gasteiger partial charge < -0.3 is 0 Å². The third-order valence-corrected chi connectivity index (χ3v) is 2.37. The van der Waals surface area contributed by atoms with Crippen LogP contribution in [0.4, 0.5) is 5.69 Å². The van der Waals surface area contributed by atoms with Crippen LogP contribution in [0.5, 0.6) is 0 Å². The number of carbonyl (C=O) groups is 1. The van der Waals surface area contributed by atoms with Crippen molar-refractivity contribution < 1.29 is 9.72 Å². The van der Waals surface area contributed by atoms with Gasteiger partial charge in [-0.15, -0.1) is 0 Å². The topological polar surface area (TPSA) is 84.6 Å². The summed E-state index contributed by atoms with van der Waals surface area (Å²) in [5.74, 6) is -0.197. The zero-order chi connectivity index (χ0) is 13.5. The number of rotatable bonds is 5. The number of nitro benzene ring substituents is 1. The zero-order valence-electron chi connectivity index (χ0n) is 9.72. The van der Waals surface area contributed by atoms with E-state index in [2.05, 4.69) is 10.5 Å². The van der Waals surface area contributed by atoms with Gasteiger partial charge in [-0.25, -0.2) is 5.43 Å². The van der Waals surface area contributed by atoms with Crippen molar-refractivity contribution in [1.29, 1.82) is 0 Å². The van der Waals surface area contributed by atoms with Gasteiger partial charge in [-0.3, -0.25) is 14.9 Å². The SMILES string of the molecule is CCCC(=O)N/N=C/c1ccc(Cl)c([N+](=O)[O-])c1. The molecule has 0 aliphatic heterocycles. The molecule has 0 saturated heterocycles. The minimum Gasteiger partial charge on any atom is -0.273 e. The van der Waals surface area contributed by atoms with Gasteiger partial charge in [0.1, 0.15) is 5.02 Å². The molecule has 1 aromatic carbocycles. The van der Waals surface area contributed by atoms with Gasteiger partial charge in [0, 0.05) is 18.1 Å². The fourth-order valence-corrected chi connectivity index (χ4v) is 1.40. The van der Waals surface area contributed by atoms with Crippen LogP contribution in [0.25, 0.3) is 0 Å². The molecule has 0 aliphatic carbocycles. The standard InChI is InChI=1S/C11H12ClN3O3/c1-2-3-11(16)14-13-7-8-4-5-9(12)10(6-8)15(17)18/h4-7H,2-3H2,1H3,(H,14,16)/b13-7+. The van der Waals surface area contributed by atoms with Gasteiger partial charge in [0.05, 0.1) is 11.1 Å². The molecule has 1 amide bonds.